The Morgan fingerprint density at radius 2 is 1.55 bits per heavy atom. The van der Waals surface area contributed by atoms with E-state index in [1.165, 1.54) is 10.8 Å². The van der Waals surface area contributed by atoms with E-state index in [0.717, 1.165) is 5.56 Å². The first-order valence-electron chi connectivity index (χ1n) is 10.6. The van der Waals surface area contributed by atoms with Gasteiger partial charge in [0.2, 0.25) is 5.95 Å². The topological polar surface area (TPSA) is 99.5 Å². The number of rotatable bonds is 6. The molecule has 168 valence electrons. The summed E-state index contributed by atoms with van der Waals surface area (Å²) in [6.45, 7) is 3.65. The minimum atomic E-state index is -0.869. The van der Waals surface area contributed by atoms with Crippen molar-refractivity contribution in [3.05, 3.63) is 99.5 Å². The highest BCUT2D eigenvalue weighted by Crippen LogP contribution is 2.38. The molecule has 0 fully saturated rings. The van der Waals surface area contributed by atoms with E-state index in [0.29, 0.717) is 11.3 Å². The van der Waals surface area contributed by atoms with Crippen LogP contribution in [-0.2, 0) is 14.3 Å². The first-order valence-corrected chi connectivity index (χ1v) is 10.6. The van der Waals surface area contributed by atoms with Crippen LogP contribution in [0, 0.1) is 0 Å². The molecule has 0 bridgehead atoms. The predicted molar refractivity (Wildman–Crippen MR) is 123 cm³/mol. The summed E-state index contributed by atoms with van der Waals surface area (Å²) >= 11 is 0. The maximum absolute atomic E-state index is 13.5. The van der Waals surface area contributed by atoms with Gasteiger partial charge >= 0.3 is 11.9 Å². The normalized spacial score (nSPS) is 14.8. The Morgan fingerprint density at radius 3 is 2.18 bits per heavy atom. The van der Waals surface area contributed by atoms with Crippen LogP contribution in [0.3, 0.4) is 0 Å². The summed E-state index contributed by atoms with van der Waals surface area (Å²) in [4.78, 5) is 43.5. The van der Waals surface area contributed by atoms with E-state index >= 15 is 0 Å². The molecule has 3 aromatic rings. The molecule has 4 rings (SSSR count). The van der Waals surface area contributed by atoms with Gasteiger partial charge in [-0.25, -0.2) is 14.6 Å². The minimum absolute atomic E-state index is 0.118. The third kappa shape index (κ3) is 4.15. The molecule has 0 saturated heterocycles. The van der Waals surface area contributed by atoms with E-state index in [-0.39, 0.29) is 30.3 Å². The summed E-state index contributed by atoms with van der Waals surface area (Å²) in [5.41, 5.74) is 1.30. The van der Waals surface area contributed by atoms with Crippen LogP contribution in [0.4, 0.5) is 5.95 Å². The van der Waals surface area contributed by atoms with Crippen molar-refractivity contribution in [3.63, 3.8) is 0 Å². The molecule has 8 heteroatoms. The molecule has 1 aromatic heterocycles. The first kappa shape index (κ1) is 22.0. The highest BCUT2D eigenvalue weighted by atomic mass is 16.5. The highest BCUT2D eigenvalue weighted by molar-refractivity contribution is 6.02. The van der Waals surface area contributed by atoms with Gasteiger partial charge in [-0.3, -0.25) is 9.36 Å². The molecule has 0 saturated carbocycles. The Morgan fingerprint density at radius 1 is 0.939 bits per heavy atom. The summed E-state index contributed by atoms with van der Waals surface area (Å²) in [6, 6.07) is 17.5. The van der Waals surface area contributed by atoms with E-state index in [1.807, 2.05) is 60.7 Å². The number of carbonyl (C=O) groups excluding carboxylic acids is 2. The number of hydrogen-bond acceptors (Lipinski definition) is 7. The Balaban J connectivity index is 2.03. The monoisotopic (exact) mass is 445 g/mol. The molecule has 33 heavy (non-hydrogen) atoms. The van der Waals surface area contributed by atoms with Crippen molar-refractivity contribution in [2.75, 3.05) is 18.5 Å². The van der Waals surface area contributed by atoms with Gasteiger partial charge in [0.15, 0.2) is 0 Å². The average molecular weight is 445 g/mol. The van der Waals surface area contributed by atoms with Gasteiger partial charge in [0.25, 0.3) is 5.56 Å². The van der Waals surface area contributed by atoms with E-state index in [9.17, 15) is 14.4 Å². The van der Waals surface area contributed by atoms with Gasteiger partial charge in [-0.2, -0.15) is 0 Å². The maximum atomic E-state index is 13.5. The van der Waals surface area contributed by atoms with Gasteiger partial charge in [0, 0.05) is 0 Å². The largest absolute Gasteiger partial charge is 0.463 e. The zero-order valence-electron chi connectivity index (χ0n) is 18.3. The van der Waals surface area contributed by atoms with Crippen LogP contribution in [0.2, 0.25) is 0 Å². The van der Waals surface area contributed by atoms with Crippen molar-refractivity contribution in [1.82, 2.24) is 9.55 Å². The van der Waals surface area contributed by atoms with E-state index in [4.69, 9.17) is 9.47 Å². The molecular weight excluding hydrogens is 422 g/mol. The molecule has 0 aliphatic carbocycles. The lowest BCUT2D eigenvalue weighted by atomic mass is 9.92. The molecule has 1 unspecified atom stereocenters. The molecule has 1 N–H and O–H groups in total. The summed E-state index contributed by atoms with van der Waals surface area (Å²) in [7, 11) is 0. The Labute approximate surface area is 190 Å². The quantitative estimate of drug-likeness (QED) is 0.581. The fourth-order valence-electron chi connectivity index (χ4n) is 3.80. The van der Waals surface area contributed by atoms with Crippen molar-refractivity contribution in [3.8, 4) is 0 Å². The Hall–Kier alpha value is -4.20. The van der Waals surface area contributed by atoms with Gasteiger partial charge in [-0.1, -0.05) is 60.7 Å². The molecule has 2 heterocycles. The summed E-state index contributed by atoms with van der Waals surface area (Å²) < 4.78 is 11.7. The number of fused-ring (bicyclic) bond motifs is 1. The number of nitrogens with one attached hydrogen (secondary N) is 1. The van der Waals surface area contributed by atoms with Crippen molar-refractivity contribution >= 4 is 23.6 Å². The van der Waals surface area contributed by atoms with Crippen LogP contribution in [0.5, 0.6) is 0 Å². The fraction of sp³-hybridized carbons (Fsp3) is 0.200. The summed E-state index contributed by atoms with van der Waals surface area (Å²) in [6.07, 6.45) is 1.19. The van der Waals surface area contributed by atoms with E-state index in [2.05, 4.69) is 10.3 Å². The number of carbonyl (C=O) groups is 2. The van der Waals surface area contributed by atoms with E-state index in [1.54, 1.807) is 13.8 Å². The van der Waals surface area contributed by atoms with Gasteiger partial charge in [-0.05, 0) is 25.0 Å². The number of ether oxygens (including phenoxy) is 2. The number of esters is 2. The van der Waals surface area contributed by atoms with Crippen LogP contribution >= 0.6 is 0 Å². The van der Waals surface area contributed by atoms with Crippen LogP contribution in [0.25, 0.3) is 5.70 Å². The predicted octanol–water partition coefficient (Wildman–Crippen LogP) is 3.41. The molecular formula is C25H23N3O5. The van der Waals surface area contributed by atoms with Crippen molar-refractivity contribution in [2.24, 2.45) is 0 Å². The molecule has 0 amide bonds. The second-order valence-corrected chi connectivity index (χ2v) is 7.20. The number of anilines is 1. The first-order chi connectivity index (χ1) is 16.1. The highest BCUT2D eigenvalue weighted by Gasteiger charge is 2.37. The number of nitrogens with zero attached hydrogens (tertiary/aromatic N) is 2. The Kier molecular flexibility index (Phi) is 6.35. The van der Waals surface area contributed by atoms with Crippen molar-refractivity contribution in [1.29, 1.82) is 0 Å². The standard InChI is InChI=1S/C25H23N3O5/c1-3-32-23(30)18-15-26-25-27-20(16-11-7-5-8-12-16)19(24(31)33-4-2)21(28(25)22(18)29)17-13-9-6-10-14-17/h5-15,21H,3-4H2,1-2H3,(H,26,27). The lowest BCUT2D eigenvalue weighted by Gasteiger charge is -2.32. The van der Waals surface area contributed by atoms with Crippen LogP contribution in [0.1, 0.15) is 41.4 Å². The van der Waals surface area contributed by atoms with Crippen molar-refractivity contribution < 1.29 is 19.1 Å². The zero-order valence-corrected chi connectivity index (χ0v) is 18.3. The maximum Gasteiger partial charge on any atom is 0.345 e. The van der Waals surface area contributed by atoms with Crippen LogP contribution in [-0.4, -0.2) is 34.7 Å². The van der Waals surface area contributed by atoms with E-state index < -0.39 is 23.5 Å². The minimum Gasteiger partial charge on any atom is -0.463 e. The lowest BCUT2D eigenvalue weighted by Crippen LogP contribution is -2.39. The third-order valence-corrected chi connectivity index (χ3v) is 5.20. The number of hydrogen-bond donors (Lipinski definition) is 1. The number of benzene rings is 2. The number of aromatic nitrogens is 2. The molecule has 1 atom stereocenters. The van der Waals surface area contributed by atoms with Crippen LogP contribution in [0.15, 0.2) is 77.2 Å². The lowest BCUT2D eigenvalue weighted by molar-refractivity contribution is -0.138. The third-order valence-electron chi connectivity index (χ3n) is 5.20. The van der Waals surface area contributed by atoms with Gasteiger partial charge < -0.3 is 14.8 Å². The second kappa shape index (κ2) is 9.52. The average Bonchev–Trinajstić information content (AvgIpc) is 2.84. The van der Waals surface area contributed by atoms with Crippen molar-refractivity contribution in [2.45, 2.75) is 19.9 Å². The molecule has 0 radical (unpaired) electrons. The second-order valence-electron chi connectivity index (χ2n) is 7.20. The van der Waals surface area contributed by atoms with Gasteiger partial charge in [-0.15, -0.1) is 0 Å². The molecule has 8 nitrogen and oxygen atoms in total. The van der Waals surface area contributed by atoms with Gasteiger partial charge in [0.1, 0.15) is 5.56 Å². The molecule has 1 aliphatic rings. The molecule has 1 aliphatic heterocycles. The zero-order chi connectivity index (χ0) is 23.4. The summed E-state index contributed by atoms with van der Waals surface area (Å²) in [5, 5.41) is 3.12. The molecule has 2 aromatic carbocycles. The van der Waals surface area contributed by atoms with Crippen LogP contribution < -0.4 is 10.9 Å². The fourth-order valence-corrected chi connectivity index (χ4v) is 3.80. The summed E-state index contributed by atoms with van der Waals surface area (Å²) in [5.74, 6) is -1.14. The SMILES string of the molecule is CCOC(=O)C1=C(c2ccccc2)Nc2ncc(C(=O)OCC)c(=O)n2C1c1ccccc1. The Bertz CT molecular complexity index is 1270. The smallest absolute Gasteiger partial charge is 0.345 e. The van der Waals surface area contributed by atoms with Gasteiger partial charge in [0.05, 0.1) is 36.7 Å². The molecule has 0 spiro atoms.